The minimum Gasteiger partial charge on any atom is -0.345 e. The average Bonchev–Trinajstić information content (AvgIpc) is 2.86. The number of hydrogen-bond acceptors (Lipinski definition) is 3. The van der Waals surface area contributed by atoms with Crippen molar-refractivity contribution in [1.29, 1.82) is 5.26 Å². The minimum atomic E-state index is 0. The first-order valence-corrected chi connectivity index (χ1v) is 12.3. The van der Waals surface area contributed by atoms with Crippen LogP contribution < -0.4 is 0 Å². The zero-order chi connectivity index (χ0) is 24.7. The Kier molecular flexibility index (Phi) is 7.58. The zero-order valence-electron chi connectivity index (χ0n) is 21.5. The van der Waals surface area contributed by atoms with E-state index in [0.29, 0.717) is 0 Å². The van der Waals surface area contributed by atoms with Gasteiger partial charge in [0, 0.05) is 11.4 Å². The summed E-state index contributed by atoms with van der Waals surface area (Å²) < 4.78 is 0. The number of benzene rings is 2. The second kappa shape index (κ2) is 10.5. The molecule has 0 fully saturated rings. The van der Waals surface area contributed by atoms with Crippen molar-refractivity contribution in [3.63, 3.8) is 0 Å². The number of hydrogen-bond donors (Lipinski definition) is 0. The van der Waals surface area contributed by atoms with Gasteiger partial charge in [-0.15, -0.1) is 62.2 Å². The average molecular weight is 651 g/mol. The van der Waals surface area contributed by atoms with E-state index in [4.69, 9.17) is 9.97 Å². The molecule has 0 unspecified atom stereocenters. The Morgan fingerprint density at radius 2 is 1.17 bits per heavy atom. The molecule has 0 saturated heterocycles. The Hall–Kier alpha value is -3.08. The van der Waals surface area contributed by atoms with Gasteiger partial charge in [0.05, 0.1) is 6.07 Å². The third-order valence-electron chi connectivity index (χ3n) is 7.58. The van der Waals surface area contributed by atoms with Crippen LogP contribution in [0.3, 0.4) is 0 Å². The van der Waals surface area contributed by atoms with Crippen molar-refractivity contribution >= 4 is 0 Å². The third-order valence-corrected chi connectivity index (χ3v) is 7.58. The summed E-state index contributed by atoms with van der Waals surface area (Å²) in [5.74, 6) is 0. The van der Waals surface area contributed by atoms with Crippen molar-refractivity contribution < 1.29 is 21.1 Å². The van der Waals surface area contributed by atoms with Crippen LogP contribution in [0.4, 0.5) is 0 Å². The van der Waals surface area contributed by atoms with E-state index in [-0.39, 0.29) is 21.1 Å². The molecule has 0 atom stereocenters. The van der Waals surface area contributed by atoms with Gasteiger partial charge in [-0.1, -0.05) is 58.9 Å². The van der Waals surface area contributed by atoms with E-state index in [1.54, 1.807) is 0 Å². The predicted octanol–water partition coefficient (Wildman–Crippen LogP) is 6.71. The molecule has 1 aliphatic rings. The zero-order valence-corrected chi connectivity index (χ0v) is 23.7. The Morgan fingerprint density at radius 1 is 0.639 bits per heavy atom. The second-order valence-corrected chi connectivity index (χ2v) is 9.60. The molecule has 3 nitrogen and oxygen atoms in total. The maximum atomic E-state index is 9.98. The minimum absolute atomic E-state index is 0. The topological polar surface area (TPSA) is 49.6 Å². The fourth-order valence-electron chi connectivity index (χ4n) is 5.14. The van der Waals surface area contributed by atoms with Gasteiger partial charge in [0.25, 0.3) is 0 Å². The summed E-state index contributed by atoms with van der Waals surface area (Å²) in [4.78, 5) is 10.0. The summed E-state index contributed by atoms with van der Waals surface area (Å²) in [5.41, 5.74) is 14.6. The molecule has 0 radical (unpaired) electrons. The predicted molar refractivity (Wildman–Crippen MR) is 140 cm³/mol. The first kappa shape index (κ1) is 26.0. The van der Waals surface area contributed by atoms with Crippen molar-refractivity contribution in [1.82, 2.24) is 9.97 Å². The van der Waals surface area contributed by atoms with Crippen LogP contribution in [0.1, 0.15) is 55.9 Å². The smallest absolute Gasteiger partial charge is 0.345 e. The van der Waals surface area contributed by atoms with Crippen molar-refractivity contribution in [2.24, 2.45) is 0 Å². The molecule has 4 aromatic rings. The van der Waals surface area contributed by atoms with Gasteiger partial charge in [0.1, 0.15) is 0 Å². The molecule has 0 saturated carbocycles. The normalized spacial score (nSPS) is 12.4. The Balaban J connectivity index is 0.00000304. The maximum absolute atomic E-state index is 9.98. The number of nitriles is 1. The second-order valence-electron chi connectivity index (χ2n) is 9.60. The van der Waals surface area contributed by atoms with Crippen LogP contribution in [0.15, 0.2) is 36.4 Å². The monoisotopic (exact) mass is 650 g/mol. The molecule has 36 heavy (non-hydrogen) atoms. The van der Waals surface area contributed by atoms with Gasteiger partial charge < -0.3 is 4.98 Å². The van der Waals surface area contributed by atoms with Crippen LogP contribution in [-0.4, -0.2) is 9.97 Å². The molecule has 0 aliphatic carbocycles. The molecule has 5 rings (SSSR count). The van der Waals surface area contributed by atoms with Crippen LogP contribution in [0.2, 0.25) is 0 Å². The molecule has 8 bridgehead atoms. The van der Waals surface area contributed by atoms with Crippen LogP contribution >= 0.6 is 0 Å². The van der Waals surface area contributed by atoms with E-state index in [2.05, 4.69) is 69.3 Å². The van der Waals surface area contributed by atoms with Crippen LogP contribution in [0.5, 0.6) is 0 Å². The molecule has 4 heteroatoms. The fourth-order valence-corrected chi connectivity index (χ4v) is 5.14. The summed E-state index contributed by atoms with van der Waals surface area (Å²) in [5, 5.41) is 9.98. The molecule has 3 heterocycles. The number of fused-ring (bicyclic) bond motifs is 10. The molecule has 182 valence electrons. The van der Waals surface area contributed by atoms with E-state index in [1.165, 1.54) is 22.3 Å². The van der Waals surface area contributed by atoms with E-state index in [0.717, 1.165) is 81.8 Å². The Bertz CT molecular complexity index is 1510. The molecule has 0 spiro atoms. The third kappa shape index (κ3) is 4.68. The largest absolute Gasteiger partial charge is 2.00 e. The Morgan fingerprint density at radius 3 is 1.75 bits per heavy atom. The molecule has 0 amide bonds. The van der Waals surface area contributed by atoms with Gasteiger partial charge in [0.2, 0.25) is 0 Å². The van der Waals surface area contributed by atoms with Crippen molar-refractivity contribution in [3.8, 4) is 28.6 Å². The van der Waals surface area contributed by atoms with Crippen molar-refractivity contribution in [2.45, 2.75) is 60.3 Å². The molecule has 0 N–H and O–H groups in total. The summed E-state index contributed by atoms with van der Waals surface area (Å²) in [6.07, 6.45) is 3.37. The number of aryl methyl sites for hydroxylation is 4. The quantitative estimate of drug-likeness (QED) is 0.199. The summed E-state index contributed by atoms with van der Waals surface area (Å²) in [6.45, 7) is 10.6. The van der Waals surface area contributed by atoms with Gasteiger partial charge in [-0.3, -0.25) is 4.98 Å². The van der Waals surface area contributed by atoms with Gasteiger partial charge in [-0.25, -0.2) is 0 Å². The molecular weight excluding hydrogens is 621 g/mol. The van der Waals surface area contributed by atoms with Crippen molar-refractivity contribution in [2.75, 3.05) is 0 Å². The van der Waals surface area contributed by atoms with Gasteiger partial charge in [-0.05, 0) is 54.8 Å². The number of nitrogens with zero attached hydrogens (tertiary/aromatic N) is 3. The standard InChI is InChI=1S/C32H29N3.Pt/c1-19-20(2)24-12-14-26-8-6-9-27(34-26)15-13-25-17-29(23(5)30(18-33)22(25)4)32-11-7-10-31(35-32)28(16-24)21(19)3;/h6-11H,12-15H2,1-5H3;/q-2;+2. The molecule has 2 aromatic heterocycles. The number of aromatic nitrogens is 2. The van der Waals surface area contributed by atoms with Gasteiger partial charge >= 0.3 is 21.1 Å². The number of pyridine rings is 2. The van der Waals surface area contributed by atoms with Crippen molar-refractivity contribution in [3.05, 3.63) is 104 Å². The molecule has 1 aliphatic heterocycles. The summed E-state index contributed by atoms with van der Waals surface area (Å²) in [7, 11) is 0. The SMILES string of the molecule is Cc1c2[c-]c(c(C)c1C)-c1cccc(n1)-c1[c-]c(c(C)c(C#N)c1C)CCc1cccc(n1)CC2.[Pt+2]. The van der Waals surface area contributed by atoms with E-state index in [1.807, 2.05) is 19.9 Å². The van der Waals surface area contributed by atoms with Gasteiger partial charge in [-0.2, -0.15) is 5.26 Å². The van der Waals surface area contributed by atoms with Gasteiger partial charge in [0.15, 0.2) is 0 Å². The van der Waals surface area contributed by atoms with Crippen LogP contribution in [-0.2, 0) is 46.7 Å². The molecular formula is C32H29N3Pt. The van der Waals surface area contributed by atoms with Crippen LogP contribution in [0, 0.1) is 58.1 Å². The van der Waals surface area contributed by atoms with Crippen LogP contribution in [0.25, 0.3) is 22.5 Å². The number of rotatable bonds is 0. The Labute approximate surface area is 228 Å². The summed E-state index contributed by atoms with van der Waals surface area (Å²) in [6, 6.07) is 22.3. The summed E-state index contributed by atoms with van der Waals surface area (Å²) >= 11 is 0. The first-order chi connectivity index (χ1) is 16.9. The van der Waals surface area contributed by atoms with E-state index in [9.17, 15) is 5.26 Å². The molecule has 2 aromatic carbocycles. The van der Waals surface area contributed by atoms with E-state index < -0.39 is 0 Å². The fraction of sp³-hybridized carbons (Fsp3) is 0.281. The maximum Gasteiger partial charge on any atom is 2.00 e. The first-order valence-electron chi connectivity index (χ1n) is 12.3. The van der Waals surface area contributed by atoms with E-state index >= 15 is 0 Å².